The van der Waals surface area contributed by atoms with Gasteiger partial charge in [-0.1, -0.05) is 0 Å². The highest BCUT2D eigenvalue weighted by atomic mass is 16.7. The predicted octanol–water partition coefficient (Wildman–Crippen LogP) is 1.12. The number of fused-ring (bicyclic) bond motifs is 2. The van der Waals surface area contributed by atoms with E-state index in [9.17, 15) is 24.9 Å². The fourth-order valence-electron chi connectivity index (χ4n) is 4.05. The lowest BCUT2D eigenvalue weighted by atomic mass is 9.57. The lowest BCUT2D eigenvalue weighted by Crippen LogP contribution is -2.58. The number of carboxylic acids is 1. The number of phenolic OH excluding ortho intramolecular Hbond substituents is 2. The zero-order valence-electron chi connectivity index (χ0n) is 11.5. The van der Waals surface area contributed by atoms with Crippen LogP contribution in [0, 0.1) is 5.41 Å². The van der Waals surface area contributed by atoms with Crippen molar-refractivity contribution in [3.05, 3.63) is 23.3 Å². The van der Waals surface area contributed by atoms with Gasteiger partial charge in [0, 0.05) is 12.0 Å². The van der Waals surface area contributed by atoms with Gasteiger partial charge in [0.2, 0.25) is 0 Å². The first kappa shape index (κ1) is 13.5. The third kappa shape index (κ3) is 1.33. The molecule has 0 amide bonds. The summed E-state index contributed by atoms with van der Waals surface area (Å²) in [6.07, 6.45) is -0.262. The first-order valence-electron chi connectivity index (χ1n) is 7.03. The number of aromatic hydroxyl groups is 2. The number of benzene rings is 1. The molecule has 22 heavy (non-hydrogen) atoms. The summed E-state index contributed by atoms with van der Waals surface area (Å²) in [4.78, 5) is 24.5. The van der Waals surface area contributed by atoms with Crippen LogP contribution in [0.25, 0.3) is 0 Å². The maximum Gasteiger partial charge on any atom is 0.313 e. The molecular formula is C15H14O7. The molecule has 0 saturated carbocycles. The van der Waals surface area contributed by atoms with Crippen molar-refractivity contribution in [2.45, 2.75) is 31.2 Å². The maximum absolute atomic E-state index is 12.5. The van der Waals surface area contributed by atoms with Crippen molar-refractivity contribution >= 4 is 11.8 Å². The number of ketones is 1. The molecule has 1 spiro atoms. The van der Waals surface area contributed by atoms with Crippen molar-refractivity contribution in [3.8, 4) is 11.5 Å². The number of ether oxygens (including phenoxy) is 2. The predicted molar refractivity (Wildman–Crippen MR) is 70.5 cm³/mol. The SMILES string of the molecule is O=C1CC2(C(=O)O)CCC3OCC2(O3)c2c(O)ccc(O)c21. The smallest absolute Gasteiger partial charge is 0.313 e. The van der Waals surface area contributed by atoms with E-state index in [0.717, 1.165) is 0 Å². The second kappa shape index (κ2) is 3.99. The minimum absolute atomic E-state index is 0.0355. The summed E-state index contributed by atoms with van der Waals surface area (Å²) >= 11 is 0. The molecule has 2 saturated heterocycles. The van der Waals surface area contributed by atoms with Crippen LogP contribution in [0.3, 0.4) is 0 Å². The van der Waals surface area contributed by atoms with Crippen LogP contribution in [0.4, 0.5) is 0 Å². The van der Waals surface area contributed by atoms with E-state index in [1.165, 1.54) is 12.1 Å². The van der Waals surface area contributed by atoms with Crippen LogP contribution in [-0.2, 0) is 19.9 Å². The van der Waals surface area contributed by atoms with Gasteiger partial charge < -0.3 is 24.8 Å². The van der Waals surface area contributed by atoms with Crippen molar-refractivity contribution in [1.29, 1.82) is 0 Å². The molecular weight excluding hydrogens is 292 g/mol. The van der Waals surface area contributed by atoms with E-state index >= 15 is 0 Å². The Morgan fingerprint density at radius 2 is 2.00 bits per heavy atom. The molecule has 1 aromatic rings. The zero-order valence-corrected chi connectivity index (χ0v) is 11.5. The molecule has 0 radical (unpaired) electrons. The molecule has 116 valence electrons. The molecule has 3 atom stereocenters. The van der Waals surface area contributed by atoms with Crippen molar-refractivity contribution in [2.24, 2.45) is 5.41 Å². The molecule has 1 aliphatic carbocycles. The molecule has 4 rings (SSSR count). The minimum atomic E-state index is -1.49. The summed E-state index contributed by atoms with van der Waals surface area (Å²) in [5, 5.41) is 30.1. The number of carboxylic acid groups (broad SMARTS) is 1. The maximum atomic E-state index is 12.5. The number of carbonyl (C=O) groups excluding carboxylic acids is 1. The molecule has 7 nitrogen and oxygen atoms in total. The van der Waals surface area contributed by atoms with Gasteiger partial charge in [-0.15, -0.1) is 0 Å². The molecule has 2 bridgehead atoms. The molecule has 3 aliphatic rings. The van der Waals surface area contributed by atoms with Crippen LogP contribution < -0.4 is 0 Å². The second-order valence-electron chi connectivity index (χ2n) is 6.07. The van der Waals surface area contributed by atoms with Crippen LogP contribution in [0.1, 0.15) is 35.2 Å². The Hall–Kier alpha value is -2.12. The Morgan fingerprint density at radius 3 is 2.73 bits per heavy atom. The first-order chi connectivity index (χ1) is 10.4. The summed E-state index contributed by atoms with van der Waals surface area (Å²) in [6, 6.07) is 2.45. The number of hydrogen-bond acceptors (Lipinski definition) is 6. The van der Waals surface area contributed by atoms with Crippen molar-refractivity contribution in [3.63, 3.8) is 0 Å². The second-order valence-corrected chi connectivity index (χ2v) is 6.07. The van der Waals surface area contributed by atoms with E-state index in [-0.39, 0.29) is 42.1 Å². The highest BCUT2D eigenvalue weighted by Crippen LogP contribution is 2.62. The molecule has 7 heteroatoms. The lowest BCUT2D eigenvalue weighted by molar-refractivity contribution is -0.207. The first-order valence-corrected chi connectivity index (χ1v) is 7.03. The highest BCUT2D eigenvalue weighted by Gasteiger charge is 2.69. The summed E-state index contributed by atoms with van der Waals surface area (Å²) in [6.45, 7) is -0.0682. The quantitative estimate of drug-likeness (QED) is 0.666. The third-order valence-electron chi connectivity index (χ3n) is 5.10. The Labute approximate surface area is 125 Å². The van der Waals surface area contributed by atoms with Crippen LogP contribution in [0.5, 0.6) is 11.5 Å². The monoisotopic (exact) mass is 306 g/mol. The fraction of sp³-hybridized carbons (Fsp3) is 0.467. The Balaban J connectivity index is 2.08. The van der Waals surface area contributed by atoms with E-state index in [1.807, 2.05) is 0 Å². The lowest BCUT2D eigenvalue weighted by Gasteiger charge is -2.49. The topological polar surface area (TPSA) is 113 Å². The standard InChI is InChI=1S/C15H14O7/c16-7-1-2-8(17)12-11(7)9(18)5-14(13(19)20)4-3-10-21-6-15(12,14)22-10/h1-2,10,16-17H,3-6H2,(H,19,20). The van der Waals surface area contributed by atoms with E-state index in [4.69, 9.17) is 9.47 Å². The zero-order chi connectivity index (χ0) is 15.7. The van der Waals surface area contributed by atoms with Gasteiger partial charge in [0.1, 0.15) is 22.5 Å². The number of phenols is 2. The van der Waals surface area contributed by atoms with E-state index in [2.05, 4.69) is 0 Å². The Bertz CT molecular complexity index is 712. The fourth-order valence-corrected chi connectivity index (χ4v) is 4.05. The summed E-state index contributed by atoms with van der Waals surface area (Å²) in [5.41, 5.74) is -2.97. The summed E-state index contributed by atoms with van der Waals surface area (Å²) in [7, 11) is 0. The Kier molecular flexibility index (Phi) is 2.46. The average Bonchev–Trinajstić information content (AvgIpc) is 2.83. The van der Waals surface area contributed by atoms with Gasteiger partial charge in [-0.3, -0.25) is 9.59 Å². The van der Waals surface area contributed by atoms with E-state index in [1.54, 1.807) is 0 Å². The number of rotatable bonds is 1. The van der Waals surface area contributed by atoms with Crippen LogP contribution in [-0.4, -0.2) is 40.0 Å². The number of hydrogen-bond donors (Lipinski definition) is 3. The molecule has 1 aromatic carbocycles. The minimum Gasteiger partial charge on any atom is -0.508 e. The van der Waals surface area contributed by atoms with Gasteiger partial charge in [0.15, 0.2) is 12.1 Å². The Morgan fingerprint density at radius 1 is 1.27 bits per heavy atom. The molecule has 2 aliphatic heterocycles. The van der Waals surface area contributed by atoms with E-state index < -0.39 is 29.1 Å². The molecule has 0 aromatic heterocycles. The highest BCUT2D eigenvalue weighted by molar-refractivity contribution is 6.05. The van der Waals surface area contributed by atoms with Gasteiger partial charge in [-0.05, 0) is 25.0 Å². The normalized spacial score (nSPS) is 35.8. The van der Waals surface area contributed by atoms with Gasteiger partial charge in [0.25, 0.3) is 0 Å². The third-order valence-corrected chi connectivity index (χ3v) is 5.10. The molecule has 3 N–H and O–H groups in total. The van der Waals surface area contributed by atoms with Crippen molar-refractivity contribution in [1.82, 2.24) is 0 Å². The van der Waals surface area contributed by atoms with Crippen LogP contribution >= 0.6 is 0 Å². The van der Waals surface area contributed by atoms with Gasteiger partial charge in [-0.25, -0.2) is 0 Å². The molecule has 3 unspecified atom stereocenters. The summed E-state index contributed by atoms with van der Waals surface area (Å²) < 4.78 is 11.3. The van der Waals surface area contributed by atoms with Gasteiger partial charge >= 0.3 is 5.97 Å². The number of carbonyl (C=O) groups is 2. The van der Waals surface area contributed by atoms with Crippen molar-refractivity contribution < 1.29 is 34.4 Å². The van der Waals surface area contributed by atoms with Crippen LogP contribution in [0.2, 0.25) is 0 Å². The average molecular weight is 306 g/mol. The van der Waals surface area contributed by atoms with Gasteiger partial charge in [0.05, 0.1) is 12.2 Å². The molecule has 2 heterocycles. The van der Waals surface area contributed by atoms with Crippen molar-refractivity contribution in [2.75, 3.05) is 6.61 Å². The number of Topliss-reactive ketones (excluding diaryl/α,β-unsaturated/α-hetero) is 1. The summed E-state index contributed by atoms with van der Waals surface area (Å²) in [5.74, 6) is -2.22. The van der Waals surface area contributed by atoms with Crippen LogP contribution in [0.15, 0.2) is 12.1 Å². The van der Waals surface area contributed by atoms with Gasteiger partial charge in [-0.2, -0.15) is 0 Å². The number of aliphatic carboxylic acids is 1. The molecule has 2 fully saturated rings. The largest absolute Gasteiger partial charge is 0.508 e. The van der Waals surface area contributed by atoms with E-state index in [0.29, 0.717) is 6.42 Å².